The third-order valence-electron chi connectivity index (χ3n) is 4.43. The van der Waals surface area contributed by atoms with E-state index in [4.69, 9.17) is 5.73 Å². The summed E-state index contributed by atoms with van der Waals surface area (Å²) >= 11 is 0. The first-order chi connectivity index (χ1) is 8.69. The van der Waals surface area contributed by atoms with Gasteiger partial charge in [-0.15, -0.1) is 0 Å². The minimum atomic E-state index is 0.331. The Morgan fingerprint density at radius 2 is 1.94 bits per heavy atom. The molecule has 0 saturated heterocycles. The first-order valence-electron chi connectivity index (χ1n) is 7.64. The summed E-state index contributed by atoms with van der Waals surface area (Å²) in [5.74, 6) is 0.955. The van der Waals surface area contributed by atoms with Crippen LogP contribution in [0.3, 0.4) is 0 Å². The molecule has 3 heteroatoms. The number of hydrogen-bond donors (Lipinski definition) is 1. The summed E-state index contributed by atoms with van der Waals surface area (Å²) < 4.78 is 0. The van der Waals surface area contributed by atoms with Crippen molar-refractivity contribution in [3.8, 4) is 0 Å². The van der Waals surface area contributed by atoms with Gasteiger partial charge in [0.15, 0.2) is 0 Å². The number of carbonyl (C=O) groups is 1. The van der Waals surface area contributed by atoms with Gasteiger partial charge in [0.2, 0.25) is 5.91 Å². The molecular weight excluding hydrogens is 224 g/mol. The summed E-state index contributed by atoms with van der Waals surface area (Å²) in [4.78, 5) is 14.2. The zero-order valence-corrected chi connectivity index (χ0v) is 12.2. The Morgan fingerprint density at radius 3 is 2.50 bits per heavy atom. The number of nitrogens with zero attached hydrogens (tertiary/aromatic N) is 1. The highest BCUT2D eigenvalue weighted by Gasteiger charge is 2.22. The minimum Gasteiger partial charge on any atom is -0.343 e. The largest absolute Gasteiger partial charge is 0.343 e. The third-order valence-corrected chi connectivity index (χ3v) is 4.43. The van der Waals surface area contributed by atoms with Crippen LogP contribution in [0, 0.1) is 5.92 Å². The van der Waals surface area contributed by atoms with Crippen LogP contribution in [0.25, 0.3) is 0 Å². The number of nitrogens with two attached hydrogens (primary N) is 1. The number of amides is 1. The molecule has 1 fully saturated rings. The molecule has 1 aliphatic rings. The smallest absolute Gasteiger partial charge is 0.222 e. The van der Waals surface area contributed by atoms with Gasteiger partial charge in [-0.1, -0.05) is 32.6 Å². The lowest BCUT2D eigenvalue weighted by atomic mass is 9.93. The van der Waals surface area contributed by atoms with Gasteiger partial charge in [-0.3, -0.25) is 4.79 Å². The summed E-state index contributed by atoms with van der Waals surface area (Å²) in [6.07, 6.45) is 10.2. The Bertz CT molecular complexity index is 237. The predicted octanol–water partition coefficient (Wildman–Crippen LogP) is 2.93. The SMILES string of the molecule is CCC(CCN)CCC(=O)N(C)C1CCCCC1. The van der Waals surface area contributed by atoms with E-state index in [2.05, 4.69) is 6.92 Å². The first-order valence-corrected chi connectivity index (χ1v) is 7.64. The standard InChI is InChI=1S/C15H30N2O/c1-3-13(11-12-16)9-10-15(18)17(2)14-7-5-4-6-8-14/h13-14H,3-12,16H2,1-2H3. The Kier molecular flexibility index (Phi) is 7.33. The van der Waals surface area contributed by atoms with Crippen molar-refractivity contribution in [3.05, 3.63) is 0 Å². The topological polar surface area (TPSA) is 46.3 Å². The monoisotopic (exact) mass is 254 g/mol. The lowest BCUT2D eigenvalue weighted by molar-refractivity contribution is -0.132. The van der Waals surface area contributed by atoms with Crippen molar-refractivity contribution in [3.63, 3.8) is 0 Å². The second-order valence-corrected chi connectivity index (χ2v) is 5.69. The van der Waals surface area contributed by atoms with Crippen LogP contribution in [0.2, 0.25) is 0 Å². The van der Waals surface area contributed by atoms with E-state index in [1.807, 2.05) is 11.9 Å². The van der Waals surface area contributed by atoms with E-state index in [0.717, 1.165) is 25.8 Å². The van der Waals surface area contributed by atoms with E-state index in [-0.39, 0.29) is 0 Å². The molecule has 0 aromatic carbocycles. The van der Waals surface area contributed by atoms with Gasteiger partial charge in [0, 0.05) is 19.5 Å². The lowest BCUT2D eigenvalue weighted by Gasteiger charge is -2.31. The summed E-state index contributed by atoms with van der Waals surface area (Å²) in [7, 11) is 1.99. The van der Waals surface area contributed by atoms with Crippen molar-refractivity contribution in [1.82, 2.24) is 4.90 Å². The Labute approximate surface area is 112 Å². The number of hydrogen-bond acceptors (Lipinski definition) is 2. The third kappa shape index (κ3) is 4.97. The highest BCUT2D eigenvalue weighted by molar-refractivity contribution is 5.76. The minimum absolute atomic E-state index is 0.331. The molecular formula is C15H30N2O. The van der Waals surface area contributed by atoms with Crippen LogP contribution in [-0.2, 0) is 4.79 Å². The highest BCUT2D eigenvalue weighted by atomic mass is 16.2. The van der Waals surface area contributed by atoms with E-state index in [1.165, 1.54) is 32.1 Å². The van der Waals surface area contributed by atoms with Crippen molar-refractivity contribution < 1.29 is 4.79 Å². The molecule has 0 bridgehead atoms. The van der Waals surface area contributed by atoms with Gasteiger partial charge in [0.25, 0.3) is 0 Å². The average molecular weight is 254 g/mol. The molecule has 1 rings (SSSR count). The maximum atomic E-state index is 12.2. The molecule has 0 spiro atoms. The molecule has 1 atom stereocenters. The fourth-order valence-electron chi connectivity index (χ4n) is 2.96. The van der Waals surface area contributed by atoms with Gasteiger partial charge in [-0.2, -0.15) is 0 Å². The van der Waals surface area contributed by atoms with Crippen LogP contribution in [0.5, 0.6) is 0 Å². The molecule has 1 amide bonds. The summed E-state index contributed by atoms with van der Waals surface area (Å²) in [6.45, 7) is 2.93. The molecule has 0 aliphatic heterocycles. The molecule has 0 aromatic heterocycles. The highest BCUT2D eigenvalue weighted by Crippen LogP contribution is 2.23. The van der Waals surface area contributed by atoms with Crippen LogP contribution < -0.4 is 5.73 Å². The average Bonchev–Trinajstić information content (AvgIpc) is 2.43. The van der Waals surface area contributed by atoms with Gasteiger partial charge < -0.3 is 10.6 Å². The molecule has 106 valence electrons. The van der Waals surface area contributed by atoms with Gasteiger partial charge in [0.05, 0.1) is 0 Å². The van der Waals surface area contributed by atoms with Crippen LogP contribution in [0.4, 0.5) is 0 Å². The molecule has 2 N–H and O–H groups in total. The normalized spacial score (nSPS) is 18.6. The maximum Gasteiger partial charge on any atom is 0.222 e. The van der Waals surface area contributed by atoms with E-state index < -0.39 is 0 Å². The molecule has 0 radical (unpaired) electrons. The molecule has 3 nitrogen and oxygen atoms in total. The summed E-state index contributed by atoms with van der Waals surface area (Å²) in [5.41, 5.74) is 5.59. The maximum absolute atomic E-state index is 12.2. The fraction of sp³-hybridized carbons (Fsp3) is 0.933. The zero-order chi connectivity index (χ0) is 13.4. The van der Waals surface area contributed by atoms with E-state index in [9.17, 15) is 4.79 Å². The fourth-order valence-corrected chi connectivity index (χ4v) is 2.96. The number of carbonyl (C=O) groups excluding carboxylic acids is 1. The van der Waals surface area contributed by atoms with Crippen LogP contribution in [0.1, 0.15) is 64.7 Å². The molecule has 1 aliphatic carbocycles. The van der Waals surface area contributed by atoms with Crippen LogP contribution in [-0.4, -0.2) is 30.4 Å². The van der Waals surface area contributed by atoms with Gasteiger partial charge >= 0.3 is 0 Å². The molecule has 1 saturated carbocycles. The van der Waals surface area contributed by atoms with Crippen LogP contribution in [0.15, 0.2) is 0 Å². The van der Waals surface area contributed by atoms with Crippen molar-refractivity contribution in [2.45, 2.75) is 70.8 Å². The van der Waals surface area contributed by atoms with Crippen LogP contribution >= 0.6 is 0 Å². The Morgan fingerprint density at radius 1 is 1.28 bits per heavy atom. The first kappa shape index (κ1) is 15.5. The van der Waals surface area contributed by atoms with Gasteiger partial charge in [-0.05, 0) is 38.1 Å². The van der Waals surface area contributed by atoms with E-state index in [0.29, 0.717) is 24.3 Å². The summed E-state index contributed by atoms with van der Waals surface area (Å²) in [5, 5.41) is 0. The summed E-state index contributed by atoms with van der Waals surface area (Å²) in [6, 6.07) is 0.501. The van der Waals surface area contributed by atoms with E-state index in [1.54, 1.807) is 0 Å². The second-order valence-electron chi connectivity index (χ2n) is 5.69. The molecule has 0 aromatic rings. The molecule has 0 heterocycles. The quantitative estimate of drug-likeness (QED) is 0.759. The van der Waals surface area contributed by atoms with Gasteiger partial charge in [-0.25, -0.2) is 0 Å². The van der Waals surface area contributed by atoms with Crippen molar-refractivity contribution in [2.75, 3.05) is 13.6 Å². The van der Waals surface area contributed by atoms with Crippen molar-refractivity contribution in [2.24, 2.45) is 11.7 Å². The van der Waals surface area contributed by atoms with Crippen molar-refractivity contribution >= 4 is 5.91 Å². The Hall–Kier alpha value is -0.570. The molecule has 18 heavy (non-hydrogen) atoms. The lowest BCUT2D eigenvalue weighted by Crippen LogP contribution is -2.38. The zero-order valence-electron chi connectivity index (χ0n) is 12.2. The Balaban J connectivity index is 2.29. The van der Waals surface area contributed by atoms with E-state index >= 15 is 0 Å². The van der Waals surface area contributed by atoms with Gasteiger partial charge in [0.1, 0.15) is 0 Å². The van der Waals surface area contributed by atoms with Crippen molar-refractivity contribution in [1.29, 1.82) is 0 Å². The predicted molar refractivity (Wildman–Crippen MR) is 76.3 cm³/mol. The second kappa shape index (κ2) is 8.52. The molecule has 1 unspecified atom stereocenters. The number of rotatable bonds is 7.